The Morgan fingerprint density at radius 2 is 1.69 bits per heavy atom. The fourth-order valence-electron chi connectivity index (χ4n) is 12.5. The first-order valence-corrected chi connectivity index (χ1v) is 19.2. The molecule has 1 aromatic rings. The largest absolute Gasteiger partial charge is 0.481 e. The molecule has 52 heavy (non-hydrogen) atoms. The Morgan fingerprint density at radius 3 is 2.31 bits per heavy atom. The van der Waals surface area contributed by atoms with E-state index in [0.717, 1.165) is 56.9 Å². The molecule has 1 aromatic heterocycles. The van der Waals surface area contributed by atoms with Crippen molar-refractivity contribution in [1.82, 2.24) is 25.4 Å². The number of aromatic nitrogens is 3. The van der Waals surface area contributed by atoms with E-state index < -0.39 is 22.9 Å². The van der Waals surface area contributed by atoms with Gasteiger partial charge in [-0.25, -0.2) is 4.79 Å². The van der Waals surface area contributed by atoms with Gasteiger partial charge in [0, 0.05) is 18.9 Å². The van der Waals surface area contributed by atoms with Gasteiger partial charge >= 0.3 is 18.0 Å². The van der Waals surface area contributed by atoms with E-state index in [1.807, 2.05) is 7.05 Å². The number of esters is 1. The normalized spacial score (nSPS) is 36.5. The van der Waals surface area contributed by atoms with E-state index in [1.54, 1.807) is 24.7 Å². The Hall–Kier alpha value is -2.95. The maximum atomic E-state index is 13.9. The van der Waals surface area contributed by atoms with Crippen LogP contribution >= 0.6 is 12.4 Å². The molecule has 11 nitrogen and oxygen atoms in total. The van der Waals surface area contributed by atoms with Gasteiger partial charge in [0.2, 0.25) is 0 Å². The van der Waals surface area contributed by atoms with Crippen molar-refractivity contribution in [2.24, 2.45) is 57.8 Å². The number of allylic oxidation sites excluding steroid dienone is 1. The van der Waals surface area contributed by atoms with Gasteiger partial charge in [0.25, 0.3) is 0 Å². The molecule has 5 aliphatic rings. The number of nitrogens with zero attached hydrogens (tertiary/aromatic N) is 3. The molecule has 4 saturated carbocycles. The van der Waals surface area contributed by atoms with Crippen molar-refractivity contribution < 1.29 is 29.0 Å². The fraction of sp³-hybridized carbons (Fsp3) is 0.800. The molecule has 0 radical (unpaired) electrons. The number of aryl methyl sites for hydroxylation is 1. The molecular weight excluding hydrogens is 682 g/mol. The number of aliphatic carboxylic acids is 1. The number of ether oxygens (including phenoxy) is 1. The average molecular weight is 744 g/mol. The first kappa shape index (κ1) is 40.2. The van der Waals surface area contributed by atoms with Crippen LogP contribution in [0.25, 0.3) is 0 Å². The van der Waals surface area contributed by atoms with Gasteiger partial charge in [0.15, 0.2) is 11.6 Å². The third kappa shape index (κ3) is 6.08. The Morgan fingerprint density at radius 1 is 1.00 bits per heavy atom. The number of fused-ring (bicyclic) bond motifs is 7. The van der Waals surface area contributed by atoms with Gasteiger partial charge in [0.05, 0.1) is 23.9 Å². The zero-order valence-electron chi connectivity index (χ0n) is 33.0. The lowest BCUT2D eigenvalue weighted by Gasteiger charge is -2.72. The van der Waals surface area contributed by atoms with Crippen LogP contribution in [-0.2, 0) is 32.7 Å². The molecule has 0 bridgehead atoms. The topological polar surface area (TPSA) is 153 Å². The minimum absolute atomic E-state index is 0. The molecule has 0 saturated heterocycles. The molecule has 4 fully saturated rings. The van der Waals surface area contributed by atoms with E-state index in [2.05, 4.69) is 69.3 Å². The Kier molecular flexibility index (Phi) is 10.4. The summed E-state index contributed by atoms with van der Waals surface area (Å²) in [5.74, 6) is 0.470. The van der Waals surface area contributed by atoms with E-state index in [0.29, 0.717) is 24.1 Å². The van der Waals surface area contributed by atoms with Crippen molar-refractivity contribution in [3.05, 3.63) is 23.3 Å². The van der Waals surface area contributed by atoms with Crippen molar-refractivity contribution >= 4 is 36.2 Å². The smallest absolute Gasteiger partial charge is 0.315 e. The van der Waals surface area contributed by atoms with Crippen molar-refractivity contribution in [3.63, 3.8) is 0 Å². The van der Waals surface area contributed by atoms with Crippen LogP contribution < -0.4 is 10.6 Å². The SMILES string of the molecule is CC(C)C1=C2[C@H]3CC[C@@H]4[C@@]5(C)CC[C@H](OC(=O)CC(C)(C)C(=O)O)C(C)(C)[C@@H]5CC[C@@]4(C)[C@]3(C)CC[C@@]2(NC(=O)NCc2nncn2C)CC1=O.Cl. The van der Waals surface area contributed by atoms with Crippen LogP contribution in [0.3, 0.4) is 0 Å². The quantitative estimate of drug-likeness (QED) is 0.237. The number of carboxylic acid groups (broad SMARTS) is 1. The number of carboxylic acids is 1. The van der Waals surface area contributed by atoms with Crippen LogP contribution in [0.2, 0.25) is 0 Å². The third-order valence-electron chi connectivity index (χ3n) is 15.4. The summed E-state index contributed by atoms with van der Waals surface area (Å²) in [7, 11) is 1.85. The predicted molar refractivity (Wildman–Crippen MR) is 199 cm³/mol. The van der Waals surface area contributed by atoms with Crippen LogP contribution in [0.4, 0.5) is 4.79 Å². The summed E-state index contributed by atoms with van der Waals surface area (Å²) in [4.78, 5) is 52.2. The molecule has 1 heterocycles. The molecular formula is C40H62ClN5O6. The summed E-state index contributed by atoms with van der Waals surface area (Å²) >= 11 is 0. The zero-order valence-corrected chi connectivity index (χ0v) is 33.8. The van der Waals surface area contributed by atoms with Crippen molar-refractivity contribution in [2.45, 2.75) is 145 Å². The highest BCUT2D eigenvalue weighted by atomic mass is 35.5. The number of amides is 2. The lowest BCUT2D eigenvalue weighted by Crippen LogP contribution is -2.67. The van der Waals surface area contributed by atoms with Gasteiger partial charge < -0.3 is 25.0 Å². The monoisotopic (exact) mass is 743 g/mol. The lowest BCUT2D eigenvalue weighted by atomic mass is 9.33. The second-order valence-corrected chi connectivity index (χ2v) is 19.1. The molecule has 0 aliphatic heterocycles. The molecule has 6 rings (SSSR count). The summed E-state index contributed by atoms with van der Waals surface area (Å²) in [6.07, 6.45) is 9.01. The number of halogens is 1. The van der Waals surface area contributed by atoms with Gasteiger partial charge in [-0.1, -0.05) is 48.5 Å². The number of rotatable bonds is 8. The number of nitrogens with one attached hydrogen (secondary N) is 2. The number of ketones is 1. The molecule has 5 aliphatic carbocycles. The molecule has 0 unspecified atom stereocenters. The molecule has 8 atom stereocenters. The van der Waals surface area contributed by atoms with Crippen LogP contribution in [0.5, 0.6) is 0 Å². The summed E-state index contributed by atoms with van der Waals surface area (Å²) in [5, 5.41) is 24.0. The van der Waals surface area contributed by atoms with Crippen molar-refractivity contribution in [2.75, 3.05) is 0 Å². The van der Waals surface area contributed by atoms with Crippen LogP contribution in [0.15, 0.2) is 17.5 Å². The summed E-state index contributed by atoms with van der Waals surface area (Å²) in [6, 6.07) is -0.281. The highest BCUT2D eigenvalue weighted by Crippen LogP contribution is 2.76. The molecule has 3 N–H and O–H groups in total. The molecule has 2 amide bonds. The van der Waals surface area contributed by atoms with Gasteiger partial charge in [-0.3, -0.25) is 14.4 Å². The fourth-order valence-corrected chi connectivity index (χ4v) is 12.5. The van der Waals surface area contributed by atoms with E-state index in [9.17, 15) is 24.3 Å². The Labute approximate surface area is 315 Å². The van der Waals surface area contributed by atoms with Gasteiger partial charge in [-0.15, -0.1) is 22.6 Å². The highest BCUT2D eigenvalue weighted by Gasteiger charge is 2.70. The molecule has 0 aromatic carbocycles. The Balaban J connectivity index is 0.00000523. The molecule has 290 valence electrons. The van der Waals surface area contributed by atoms with Crippen LogP contribution in [-0.4, -0.2) is 55.3 Å². The van der Waals surface area contributed by atoms with E-state index in [-0.39, 0.29) is 76.8 Å². The van der Waals surface area contributed by atoms with E-state index in [1.165, 1.54) is 5.57 Å². The maximum absolute atomic E-state index is 13.9. The van der Waals surface area contributed by atoms with Gasteiger partial charge in [-0.05, 0) is 116 Å². The highest BCUT2D eigenvalue weighted by molar-refractivity contribution is 6.02. The third-order valence-corrected chi connectivity index (χ3v) is 15.4. The van der Waals surface area contributed by atoms with Crippen LogP contribution in [0, 0.1) is 50.7 Å². The van der Waals surface area contributed by atoms with E-state index >= 15 is 0 Å². The summed E-state index contributed by atoms with van der Waals surface area (Å²) < 4.78 is 7.93. The van der Waals surface area contributed by atoms with Gasteiger partial charge in [-0.2, -0.15) is 0 Å². The predicted octanol–water partition coefficient (Wildman–Crippen LogP) is 7.18. The number of carbonyl (C=O) groups excluding carboxylic acids is 3. The minimum Gasteiger partial charge on any atom is -0.481 e. The first-order chi connectivity index (χ1) is 23.6. The van der Waals surface area contributed by atoms with Crippen molar-refractivity contribution in [3.8, 4) is 0 Å². The van der Waals surface area contributed by atoms with Gasteiger partial charge in [0.1, 0.15) is 12.4 Å². The number of hydrogen-bond acceptors (Lipinski definition) is 7. The number of carbonyl (C=O) groups is 4. The number of hydrogen-bond donors (Lipinski definition) is 3. The van der Waals surface area contributed by atoms with Crippen LogP contribution in [0.1, 0.15) is 132 Å². The lowest BCUT2D eigenvalue weighted by molar-refractivity contribution is -0.232. The first-order valence-electron chi connectivity index (χ1n) is 19.2. The molecule has 12 heteroatoms. The number of Topliss-reactive ketones (excluding diaryl/α,β-unsaturated/α-hetero) is 1. The standard InChI is InChI=1S/C40H61N5O6.ClH/c1-23(2)31-25(46)19-40(43-34(50)41-21-29-44-42-22-45(29)10)18-17-38(8)24(32(31)40)11-12-27-37(7)15-14-28(51-30(47)20-35(3,4)33(48)49)36(5,6)26(37)13-16-39(27,38)9;/h22-24,26-28H,11-21H2,1-10H3,(H,48,49)(H2,41,43,50);1H/t24-,26+,27-,28+,37+,38-,39-,40-;/m1./s1. The maximum Gasteiger partial charge on any atom is 0.315 e. The Bertz CT molecular complexity index is 1650. The second-order valence-electron chi connectivity index (χ2n) is 19.1. The summed E-state index contributed by atoms with van der Waals surface area (Å²) in [6.45, 7) is 19.6. The van der Waals surface area contributed by atoms with Crippen molar-refractivity contribution in [1.29, 1.82) is 0 Å². The summed E-state index contributed by atoms with van der Waals surface area (Å²) in [5.41, 5.74) is 0.00803. The second kappa shape index (κ2) is 13.4. The zero-order chi connectivity index (χ0) is 37.5. The molecule has 0 spiro atoms. The average Bonchev–Trinajstić information content (AvgIpc) is 3.56. The van der Waals surface area contributed by atoms with E-state index in [4.69, 9.17) is 4.74 Å². The minimum atomic E-state index is -1.17. The number of urea groups is 1.